The molecule has 0 aliphatic heterocycles. The third-order valence-corrected chi connectivity index (χ3v) is 3.37. The van der Waals surface area contributed by atoms with E-state index in [-0.39, 0.29) is 12.6 Å². The van der Waals surface area contributed by atoms with Crippen LogP contribution in [-0.2, 0) is 6.42 Å². The molecule has 0 saturated heterocycles. The highest BCUT2D eigenvalue weighted by Gasteiger charge is 2.25. The number of oxime groups is 1. The predicted molar refractivity (Wildman–Crippen MR) is 70.0 cm³/mol. The number of hydrogen-bond donors (Lipinski definition) is 4. The van der Waals surface area contributed by atoms with Crippen LogP contribution in [0.4, 0.5) is 0 Å². The molecule has 0 aromatic heterocycles. The SMILES string of the molecule is CN/C(=N\O)c1cccc2c1CC[C@@H]2NCCO. The number of nitrogens with zero attached hydrogens (tertiary/aromatic N) is 1. The maximum absolute atomic E-state index is 8.99. The Morgan fingerprint density at radius 1 is 1.50 bits per heavy atom. The van der Waals surface area contributed by atoms with E-state index in [4.69, 9.17) is 10.3 Å². The Morgan fingerprint density at radius 2 is 2.33 bits per heavy atom. The van der Waals surface area contributed by atoms with Crippen LogP contribution in [-0.4, -0.2) is 36.3 Å². The van der Waals surface area contributed by atoms with E-state index in [0.29, 0.717) is 12.4 Å². The number of rotatable bonds is 4. The van der Waals surface area contributed by atoms with Crippen molar-refractivity contribution in [3.05, 3.63) is 34.9 Å². The van der Waals surface area contributed by atoms with E-state index in [2.05, 4.69) is 21.9 Å². The van der Waals surface area contributed by atoms with Crippen molar-refractivity contribution in [1.29, 1.82) is 0 Å². The Bertz CT molecular complexity index is 446. The van der Waals surface area contributed by atoms with Crippen LogP contribution in [0.5, 0.6) is 0 Å². The molecule has 1 aliphatic rings. The maximum Gasteiger partial charge on any atom is 0.172 e. The quantitative estimate of drug-likeness (QED) is 0.273. The third kappa shape index (κ3) is 2.32. The molecule has 1 atom stereocenters. The summed E-state index contributed by atoms with van der Waals surface area (Å²) in [6, 6.07) is 6.30. The van der Waals surface area contributed by atoms with Gasteiger partial charge in [-0.3, -0.25) is 0 Å². The standard InChI is InChI=1S/C13H19N3O2/c1-14-13(16-18)11-4-2-3-10-9(11)5-6-12(10)15-7-8-17/h2-4,12,15,17-18H,5-8H2,1H3,(H,14,16)/t12-/m0/s1. The lowest BCUT2D eigenvalue weighted by molar-refractivity contribution is 0.284. The molecule has 0 fully saturated rings. The molecule has 0 unspecified atom stereocenters. The molecule has 1 aliphatic carbocycles. The van der Waals surface area contributed by atoms with Gasteiger partial charge < -0.3 is 20.9 Å². The first kappa shape index (κ1) is 12.9. The maximum atomic E-state index is 8.99. The molecule has 5 nitrogen and oxygen atoms in total. The predicted octanol–water partition coefficient (Wildman–Crippen LogP) is 0.611. The monoisotopic (exact) mass is 249 g/mol. The van der Waals surface area contributed by atoms with Crippen molar-refractivity contribution in [3.63, 3.8) is 0 Å². The molecule has 0 radical (unpaired) electrons. The fourth-order valence-corrected chi connectivity index (χ4v) is 2.57. The zero-order valence-electron chi connectivity index (χ0n) is 10.5. The molecule has 2 rings (SSSR count). The summed E-state index contributed by atoms with van der Waals surface area (Å²) in [5.41, 5.74) is 3.40. The van der Waals surface area contributed by atoms with E-state index >= 15 is 0 Å². The molecule has 0 heterocycles. The van der Waals surface area contributed by atoms with E-state index in [9.17, 15) is 0 Å². The molecule has 0 saturated carbocycles. The van der Waals surface area contributed by atoms with E-state index < -0.39 is 0 Å². The number of amidine groups is 1. The fraction of sp³-hybridized carbons (Fsp3) is 0.462. The van der Waals surface area contributed by atoms with Gasteiger partial charge in [0.05, 0.1) is 6.61 Å². The van der Waals surface area contributed by atoms with Gasteiger partial charge in [-0.05, 0) is 24.0 Å². The number of aliphatic hydroxyl groups is 1. The lowest BCUT2D eigenvalue weighted by Crippen LogP contribution is -2.23. The lowest BCUT2D eigenvalue weighted by atomic mass is 10.0. The van der Waals surface area contributed by atoms with Gasteiger partial charge in [0.15, 0.2) is 5.84 Å². The van der Waals surface area contributed by atoms with Crippen LogP contribution < -0.4 is 10.6 Å². The molecule has 5 heteroatoms. The largest absolute Gasteiger partial charge is 0.409 e. The second-order valence-electron chi connectivity index (χ2n) is 4.34. The minimum absolute atomic E-state index is 0.144. The van der Waals surface area contributed by atoms with Crippen molar-refractivity contribution in [2.45, 2.75) is 18.9 Å². The van der Waals surface area contributed by atoms with Gasteiger partial charge in [-0.25, -0.2) is 0 Å². The molecule has 4 N–H and O–H groups in total. The first-order chi connectivity index (χ1) is 8.81. The minimum Gasteiger partial charge on any atom is -0.409 e. The molecule has 98 valence electrons. The highest BCUT2D eigenvalue weighted by Crippen LogP contribution is 2.33. The molecule has 0 amide bonds. The van der Waals surface area contributed by atoms with Crippen molar-refractivity contribution in [3.8, 4) is 0 Å². The van der Waals surface area contributed by atoms with Gasteiger partial charge in [0, 0.05) is 25.2 Å². The zero-order chi connectivity index (χ0) is 13.0. The van der Waals surface area contributed by atoms with Crippen molar-refractivity contribution in [1.82, 2.24) is 10.6 Å². The topological polar surface area (TPSA) is 76.9 Å². The number of hydrogen-bond acceptors (Lipinski definition) is 4. The molecule has 18 heavy (non-hydrogen) atoms. The van der Waals surface area contributed by atoms with Crippen LogP contribution in [0.2, 0.25) is 0 Å². The van der Waals surface area contributed by atoms with E-state index in [1.807, 2.05) is 12.1 Å². The zero-order valence-corrected chi connectivity index (χ0v) is 10.5. The summed E-state index contributed by atoms with van der Waals surface area (Å²) in [5.74, 6) is 0.495. The van der Waals surface area contributed by atoms with Gasteiger partial charge in [-0.1, -0.05) is 23.4 Å². The molecule has 1 aromatic rings. The van der Waals surface area contributed by atoms with Gasteiger partial charge in [-0.15, -0.1) is 0 Å². The average molecular weight is 249 g/mol. The van der Waals surface area contributed by atoms with Gasteiger partial charge in [0.2, 0.25) is 0 Å². The van der Waals surface area contributed by atoms with Gasteiger partial charge >= 0.3 is 0 Å². The number of fused-ring (bicyclic) bond motifs is 1. The van der Waals surface area contributed by atoms with Crippen molar-refractivity contribution < 1.29 is 10.3 Å². The summed E-state index contributed by atoms with van der Waals surface area (Å²) in [6.45, 7) is 0.743. The van der Waals surface area contributed by atoms with E-state index in [1.54, 1.807) is 7.05 Å². The molecule has 0 spiro atoms. The summed E-state index contributed by atoms with van der Waals surface area (Å²) in [4.78, 5) is 0. The third-order valence-electron chi connectivity index (χ3n) is 3.37. The van der Waals surface area contributed by atoms with Crippen LogP contribution in [0.25, 0.3) is 0 Å². The highest BCUT2D eigenvalue weighted by molar-refractivity contribution is 6.00. The van der Waals surface area contributed by atoms with Gasteiger partial charge in [0.25, 0.3) is 0 Å². The first-order valence-electron chi connectivity index (χ1n) is 6.18. The summed E-state index contributed by atoms with van der Waals surface area (Å²) >= 11 is 0. The van der Waals surface area contributed by atoms with Crippen LogP contribution in [0.1, 0.15) is 29.2 Å². The minimum atomic E-state index is 0.144. The summed E-state index contributed by atoms with van der Waals surface area (Å²) in [5, 5.41) is 27.4. The Kier molecular flexibility index (Phi) is 4.17. The van der Waals surface area contributed by atoms with Gasteiger partial charge in [0.1, 0.15) is 0 Å². The molecular weight excluding hydrogens is 230 g/mol. The van der Waals surface area contributed by atoms with Crippen molar-refractivity contribution in [2.24, 2.45) is 5.16 Å². The number of aliphatic hydroxyl groups excluding tert-OH is 1. The molecule has 1 aromatic carbocycles. The first-order valence-corrected chi connectivity index (χ1v) is 6.18. The van der Waals surface area contributed by atoms with Gasteiger partial charge in [-0.2, -0.15) is 0 Å². The van der Waals surface area contributed by atoms with Crippen molar-refractivity contribution >= 4 is 5.84 Å². The average Bonchev–Trinajstić information content (AvgIpc) is 2.82. The second kappa shape index (κ2) is 5.84. The second-order valence-corrected chi connectivity index (χ2v) is 4.34. The Labute approximate surface area is 107 Å². The van der Waals surface area contributed by atoms with E-state index in [1.165, 1.54) is 11.1 Å². The van der Waals surface area contributed by atoms with Crippen LogP contribution >= 0.6 is 0 Å². The van der Waals surface area contributed by atoms with Crippen LogP contribution in [0, 0.1) is 0 Å². The number of benzene rings is 1. The Balaban J connectivity index is 2.30. The van der Waals surface area contributed by atoms with Crippen molar-refractivity contribution in [2.75, 3.05) is 20.2 Å². The summed E-state index contributed by atoms with van der Waals surface area (Å²) in [6.07, 6.45) is 1.96. The Morgan fingerprint density at radius 3 is 3.00 bits per heavy atom. The molecular formula is C13H19N3O2. The summed E-state index contributed by atoms with van der Waals surface area (Å²) < 4.78 is 0. The van der Waals surface area contributed by atoms with Crippen LogP contribution in [0.3, 0.4) is 0 Å². The highest BCUT2D eigenvalue weighted by atomic mass is 16.4. The molecule has 0 bridgehead atoms. The number of nitrogens with one attached hydrogen (secondary N) is 2. The normalized spacial score (nSPS) is 18.8. The Hall–Kier alpha value is -1.59. The van der Waals surface area contributed by atoms with E-state index in [0.717, 1.165) is 18.4 Å². The fourth-order valence-electron chi connectivity index (χ4n) is 2.57. The lowest BCUT2D eigenvalue weighted by Gasteiger charge is -2.14. The summed E-state index contributed by atoms with van der Waals surface area (Å²) in [7, 11) is 1.74. The smallest absolute Gasteiger partial charge is 0.172 e. The van der Waals surface area contributed by atoms with Crippen LogP contribution in [0.15, 0.2) is 23.4 Å².